The lowest BCUT2D eigenvalue weighted by atomic mass is 9.98. The fourth-order valence-electron chi connectivity index (χ4n) is 5.23. The normalized spacial score (nSPS) is 11.5. The monoisotopic (exact) mass is 449 g/mol. The number of aromatic nitrogens is 1. The van der Waals surface area contributed by atoms with E-state index in [1.54, 1.807) is 0 Å². The van der Waals surface area contributed by atoms with Crippen molar-refractivity contribution in [2.24, 2.45) is 0 Å². The fraction of sp³-hybridized carbons (Fsp3) is 0. The standard InChI is InChI=1S/C31H19N3O/c32-18-20-6-5-9-22(19-12-14-29-25(16-19)26-17-21(33)13-15-30(26)35-29)31(20)34-27-10-3-1-7-23(27)24-8-2-4-11-28(24)34/h1-17H,33H2. The van der Waals surface area contributed by atoms with Crippen LogP contribution in [-0.4, -0.2) is 4.57 Å². The zero-order valence-electron chi connectivity index (χ0n) is 18.7. The second-order valence-electron chi connectivity index (χ2n) is 8.75. The smallest absolute Gasteiger partial charge is 0.135 e. The number of nitriles is 1. The zero-order chi connectivity index (χ0) is 23.5. The second-order valence-corrected chi connectivity index (χ2v) is 8.75. The number of anilines is 1. The molecule has 4 heteroatoms. The number of hydrogen-bond donors (Lipinski definition) is 1. The van der Waals surface area contributed by atoms with Gasteiger partial charge >= 0.3 is 0 Å². The Balaban J connectivity index is 1.59. The number of para-hydroxylation sites is 3. The second kappa shape index (κ2) is 7.24. The predicted molar refractivity (Wildman–Crippen MR) is 143 cm³/mol. The van der Waals surface area contributed by atoms with Crippen LogP contribution in [0.1, 0.15) is 5.56 Å². The maximum Gasteiger partial charge on any atom is 0.135 e. The summed E-state index contributed by atoms with van der Waals surface area (Å²) in [6.07, 6.45) is 0. The van der Waals surface area contributed by atoms with Gasteiger partial charge in [-0.05, 0) is 54.1 Å². The summed E-state index contributed by atoms with van der Waals surface area (Å²) >= 11 is 0. The molecule has 0 aliphatic heterocycles. The zero-order valence-corrected chi connectivity index (χ0v) is 18.7. The van der Waals surface area contributed by atoms with Crippen LogP contribution in [0.3, 0.4) is 0 Å². The molecule has 0 unspecified atom stereocenters. The van der Waals surface area contributed by atoms with Gasteiger partial charge in [0.05, 0.1) is 22.3 Å². The number of nitrogens with two attached hydrogens (primary N) is 1. The maximum atomic E-state index is 10.2. The van der Waals surface area contributed by atoms with E-state index >= 15 is 0 Å². The molecule has 164 valence electrons. The molecule has 0 radical (unpaired) electrons. The summed E-state index contributed by atoms with van der Waals surface area (Å²) < 4.78 is 8.26. The number of hydrogen-bond acceptors (Lipinski definition) is 3. The summed E-state index contributed by atoms with van der Waals surface area (Å²) in [5.41, 5.74) is 14.0. The highest BCUT2D eigenvalue weighted by Gasteiger charge is 2.19. The first-order valence-electron chi connectivity index (χ1n) is 11.5. The Bertz CT molecular complexity index is 1930. The van der Waals surface area contributed by atoms with Crippen molar-refractivity contribution in [3.63, 3.8) is 0 Å². The number of furan rings is 1. The quantitative estimate of drug-likeness (QED) is 0.274. The van der Waals surface area contributed by atoms with Crippen molar-refractivity contribution < 1.29 is 4.42 Å². The lowest BCUT2D eigenvalue weighted by molar-refractivity contribution is 0.669. The van der Waals surface area contributed by atoms with E-state index in [1.807, 2.05) is 48.5 Å². The third-order valence-corrected chi connectivity index (χ3v) is 6.76. The number of fused-ring (bicyclic) bond motifs is 6. The van der Waals surface area contributed by atoms with Gasteiger partial charge in [0.15, 0.2) is 0 Å². The third-order valence-electron chi connectivity index (χ3n) is 6.76. The number of nitrogens with zero attached hydrogens (tertiary/aromatic N) is 2. The van der Waals surface area contributed by atoms with Crippen LogP contribution >= 0.6 is 0 Å². The minimum atomic E-state index is 0.621. The van der Waals surface area contributed by atoms with E-state index in [0.29, 0.717) is 11.3 Å². The Kier molecular flexibility index (Phi) is 4.03. The van der Waals surface area contributed by atoms with Crippen molar-refractivity contribution in [2.75, 3.05) is 5.73 Å². The molecule has 35 heavy (non-hydrogen) atoms. The van der Waals surface area contributed by atoms with Crippen LogP contribution in [0.15, 0.2) is 108 Å². The first-order chi connectivity index (χ1) is 17.2. The molecule has 2 heterocycles. The average Bonchev–Trinajstić information content (AvgIpc) is 3.43. The van der Waals surface area contributed by atoms with E-state index in [4.69, 9.17) is 10.2 Å². The molecular formula is C31H19N3O. The van der Waals surface area contributed by atoms with Crippen LogP contribution in [0.5, 0.6) is 0 Å². The van der Waals surface area contributed by atoms with Crippen LogP contribution in [0.25, 0.3) is 60.6 Å². The van der Waals surface area contributed by atoms with Gasteiger partial charge in [-0.2, -0.15) is 5.26 Å². The molecule has 0 amide bonds. The van der Waals surface area contributed by atoms with Crippen molar-refractivity contribution in [1.29, 1.82) is 5.26 Å². The van der Waals surface area contributed by atoms with Gasteiger partial charge in [0.25, 0.3) is 0 Å². The Morgan fingerprint density at radius 3 is 2.03 bits per heavy atom. The molecule has 0 saturated carbocycles. The van der Waals surface area contributed by atoms with Gasteiger partial charge in [-0.25, -0.2) is 0 Å². The molecule has 0 spiro atoms. The van der Waals surface area contributed by atoms with Crippen LogP contribution in [0, 0.1) is 11.3 Å². The molecule has 0 aliphatic carbocycles. The number of benzene rings is 5. The van der Waals surface area contributed by atoms with Gasteiger partial charge in [-0.15, -0.1) is 0 Å². The molecular weight excluding hydrogens is 430 g/mol. The first kappa shape index (κ1) is 19.5. The highest BCUT2D eigenvalue weighted by molar-refractivity contribution is 6.11. The summed E-state index contributed by atoms with van der Waals surface area (Å²) in [6.45, 7) is 0. The van der Waals surface area contributed by atoms with Crippen molar-refractivity contribution in [1.82, 2.24) is 4.57 Å². The molecule has 7 rings (SSSR count). The van der Waals surface area contributed by atoms with Crippen molar-refractivity contribution in [2.45, 2.75) is 0 Å². The summed E-state index contributed by atoms with van der Waals surface area (Å²) in [5.74, 6) is 0. The average molecular weight is 450 g/mol. The largest absolute Gasteiger partial charge is 0.456 e. The third kappa shape index (κ3) is 2.79. The number of rotatable bonds is 2. The van der Waals surface area contributed by atoms with Gasteiger partial charge in [0.2, 0.25) is 0 Å². The fourth-order valence-corrected chi connectivity index (χ4v) is 5.23. The molecule has 2 aromatic heterocycles. The summed E-state index contributed by atoms with van der Waals surface area (Å²) in [5, 5.41) is 14.5. The van der Waals surface area contributed by atoms with Gasteiger partial charge in [-0.1, -0.05) is 54.6 Å². The van der Waals surface area contributed by atoms with Crippen LogP contribution in [-0.2, 0) is 0 Å². The van der Waals surface area contributed by atoms with E-state index in [-0.39, 0.29) is 0 Å². The van der Waals surface area contributed by atoms with Crippen LogP contribution in [0.4, 0.5) is 5.69 Å². The lowest BCUT2D eigenvalue weighted by Crippen LogP contribution is -2.00. The molecule has 2 N–H and O–H groups in total. The van der Waals surface area contributed by atoms with Gasteiger partial charge in [0, 0.05) is 32.8 Å². The van der Waals surface area contributed by atoms with E-state index in [9.17, 15) is 5.26 Å². The van der Waals surface area contributed by atoms with Crippen molar-refractivity contribution in [3.8, 4) is 22.9 Å². The van der Waals surface area contributed by atoms with Crippen molar-refractivity contribution in [3.05, 3.63) is 109 Å². The van der Waals surface area contributed by atoms with E-state index in [0.717, 1.165) is 60.6 Å². The van der Waals surface area contributed by atoms with E-state index in [2.05, 4.69) is 65.2 Å². The van der Waals surface area contributed by atoms with Crippen LogP contribution in [0.2, 0.25) is 0 Å². The lowest BCUT2D eigenvalue weighted by Gasteiger charge is -2.16. The molecule has 0 atom stereocenters. The summed E-state index contributed by atoms with van der Waals surface area (Å²) in [7, 11) is 0. The molecule has 0 bridgehead atoms. The van der Waals surface area contributed by atoms with Gasteiger partial charge in [-0.3, -0.25) is 0 Å². The highest BCUT2D eigenvalue weighted by Crippen LogP contribution is 2.39. The van der Waals surface area contributed by atoms with E-state index < -0.39 is 0 Å². The first-order valence-corrected chi connectivity index (χ1v) is 11.5. The molecule has 4 nitrogen and oxygen atoms in total. The molecule has 0 aliphatic rings. The maximum absolute atomic E-state index is 10.2. The topological polar surface area (TPSA) is 67.9 Å². The highest BCUT2D eigenvalue weighted by atomic mass is 16.3. The summed E-state index contributed by atoms with van der Waals surface area (Å²) in [4.78, 5) is 0. The minimum absolute atomic E-state index is 0.621. The Morgan fingerprint density at radius 2 is 1.31 bits per heavy atom. The molecule has 7 aromatic rings. The van der Waals surface area contributed by atoms with Gasteiger partial charge in [0.1, 0.15) is 17.2 Å². The predicted octanol–water partition coefficient (Wildman–Crippen LogP) is 7.80. The van der Waals surface area contributed by atoms with Gasteiger partial charge < -0.3 is 14.7 Å². The Labute approximate surface area is 201 Å². The molecule has 0 fully saturated rings. The van der Waals surface area contributed by atoms with Crippen molar-refractivity contribution >= 4 is 49.4 Å². The van der Waals surface area contributed by atoms with Crippen LogP contribution < -0.4 is 5.73 Å². The Hall–Kier alpha value is -5.01. The Morgan fingerprint density at radius 1 is 0.657 bits per heavy atom. The SMILES string of the molecule is N#Cc1cccc(-c2ccc3oc4ccc(N)cc4c3c2)c1-n1c2ccccc2c2ccccc21. The molecule has 5 aromatic carbocycles. The minimum Gasteiger partial charge on any atom is -0.456 e. The summed E-state index contributed by atoms with van der Waals surface area (Å²) in [6, 6.07) is 36.9. The number of nitrogen functional groups attached to an aromatic ring is 1. The van der Waals surface area contributed by atoms with E-state index in [1.165, 1.54) is 0 Å². The molecule has 0 saturated heterocycles.